The van der Waals surface area contributed by atoms with Crippen molar-refractivity contribution in [3.63, 3.8) is 0 Å². The van der Waals surface area contributed by atoms with Crippen LogP contribution in [-0.4, -0.2) is 19.1 Å². The van der Waals surface area contributed by atoms with E-state index < -0.39 is 0 Å². The number of hydrogen-bond acceptors (Lipinski definition) is 3. The Labute approximate surface area is 153 Å². The van der Waals surface area contributed by atoms with Gasteiger partial charge in [0.2, 0.25) is 5.91 Å². The second kappa shape index (κ2) is 9.04. The van der Waals surface area contributed by atoms with Gasteiger partial charge in [-0.25, -0.2) is 4.39 Å². The predicted octanol–water partition coefficient (Wildman–Crippen LogP) is 4.26. The van der Waals surface area contributed by atoms with E-state index in [4.69, 9.17) is 9.47 Å². The fourth-order valence-corrected chi connectivity index (χ4v) is 2.31. The highest BCUT2D eigenvalue weighted by Crippen LogP contribution is 2.29. The van der Waals surface area contributed by atoms with Crippen molar-refractivity contribution in [2.45, 2.75) is 33.4 Å². The molecular weight excluding hydrogens is 333 g/mol. The number of carbonyl (C=O) groups excluding carboxylic acids is 1. The van der Waals surface area contributed by atoms with E-state index >= 15 is 0 Å². The Kier molecular flexibility index (Phi) is 6.78. The van der Waals surface area contributed by atoms with Gasteiger partial charge in [-0.15, -0.1) is 0 Å². The Morgan fingerprint density at radius 3 is 2.62 bits per heavy atom. The minimum Gasteiger partial charge on any atom is -0.493 e. The number of hydrogen-bond donors (Lipinski definition) is 1. The molecule has 0 aliphatic carbocycles. The van der Waals surface area contributed by atoms with Gasteiger partial charge in [0.25, 0.3) is 0 Å². The van der Waals surface area contributed by atoms with Crippen molar-refractivity contribution < 1.29 is 18.7 Å². The lowest BCUT2D eigenvalue weighted by molar-refractivity contribution is -0.116. The zero-order chi connectivity index (χ0) is 19.1. The summed E-state index contributed by atoms with van der Waals surface area (Å²) in [6, 6.07) is 10.4. The van der Waals surface area contributed by atoms with Crippen molar-refractivity contribution >= 4 is 12.0 Å². The van der Waals surface area contributed by atoms with Gasteiger partial charge in [-0.3, -0.25) is 4.79 Å². The first-order valence-electron chi connectivity index (χ1n) is 8.44. The van der Waals surface area contributed by atoms with E-state index in [0.29, 0.717) is 22.6 Å². The maximum Gasteiger partial charge on any atom is 0.244 e. The molecule has 0 spiro atoms. The molecule has 0 aliphatic rings. The molecule has 4 nitrogen and oxygen atoms in total. The molecule has 1 amide bonds. The first-order chi connectivity index (χ1) is 12.4. The lowest BCUT2D eigenvalue weighted by atomic mass is 10.1. The molecule has 0 heterocycles. The van der Waals surface area contributed by atoms with E-state index in [9.17, 15) is 9.18 Å². The molecule has 0 fully saturated rings. The normalized spacial score (nSPS) is 11.0. The zero-order valence-electron chi connectivity index (χ0n) is 15.5. The van der Waals surface area contributed by atoms with Crippen LogP contribution in [0.1, 0.15) is 30.5 Å². The highest BCUT2D eigenvalue weighted by Gasteiger charge is 2.07. The summed E-state index contributed by atoms with van der Waals surface area (Å²) in [5, 5.41) is 2.73. The quantitative estimate of drug-likeness (QED) is 0.753. The van der Waals surface area contributed by atoms with Crippen molar-refractivity contribution in [1.82, 2.24) is 5.32 Å². The third kappa shape index (κ3) is 5.62. The molecule has 0 aliphatic heterocycles. The summed E-state index contributed by atoms with van der Waals surface area (Å²) in [5.74, 6) is 0.734. The molecular formula is C21H24FNO3. The molecule has 0 atom stereocenters. The third-order valence-corrected chi connectivity index (χ3v) is 3.68. The number of methoxy groups -OCH3 is 1. The number of amides is 1. The van der Waals surface area contributed by atoms with Crippen LogP contribution >= 0.6 is 0 Å². The van der Waals surface area contributed by atoms with Crippen LogP contribution in [0.2, 0.25) is 0 Å². The topological polar surface area (TPSA) is 47.6 Å². The van der Waals surface area contributed by atoms with Crippen molar-refractivity contribution in [1.29, 1.82) is 0 Å². The zero-order valence-corrected chi connectivity index (χ0v) is 15.5. The largest absolute Gasteiger partial charge is 0.493 e. The van der Waals surface area contributed by atoms with E-state index in [0.717, 1.165) is 5.56 Å². The van der Waals surface area contributed by atoms with Crippen LogP contribution in [0.4, 0.5) is 4.39 Å². The standard InChI is InChI=1S/C21H24FNO3/c1-14(2)26-19-9-7-16(12-20(19)25-4)8-10-21(24)23-13-17-6-5-15(3)18(22)11-17/h5-12,14H,13H2,1-4H3,(H,23,24)/b10-8+. The number of aryl methyl sites for hydroxylation is 1. The Morgan fingerprint density at radius 1 is 1.19 bits per heavy atom. The number of benzene rings is 2. The lowest BCUT2D eigenvalue weighted by Gasteiger charge is -2.13. The second-order valence-corrected chi connectivity index (χ2v) is 6.21. The van der Waals surface area contributed by atoms with E-state index in [1.807, 2.05) is 26.0 Å². The van der Waals surface area contributed by atoms with Crippen LogP contribution in [0.5, 0.6) is 11.5 Å². The highest BCUT2D eigenvalue weighted by atomic mass is 19.1. The Balaban J connectivity index is 1.97. The van der Waals surface area contributed by atoms with Gasteiger partial charge in [0.15, 0.2) is 11.5 Å². The number of rotatable bonds is 7. The molecule has 26 heavy (non-hydrogen) atoms. The van der Waals surface area contributed by atoms with Gasteiger partial charge in [-0.1, -0.05) is 18.2 Å². The summed E-state index contributed by atoms with van der Waals surface area (Å²) >= 11 is 0. The van der Waals surface area contributed by atoms with Gasteiger partial charge in [-0.2, -0.15) is 0 Å². The fourth-order valence-electron chi connectivity index (χ4n) is 2.31. The lowest BCUT2D eigenvalue weighted by Crippen LogP contribution is -2.20. The Bertz CT molecular complexity index is 800. The number of nitrogens with one attached hydrogen (secondary N) is 1. The average molecular weight is 357 g/mol. The minimum atomic E-state index is -0.275. The second-order valence-electron chi connectivity index (χ2n) is 6.21. The molecule has 0 radical (unpaired) electrons. The smallest absolute Gasteiger partial charge is 0.244 e. The highest BCUT2D eigenvalue weighted by molar-refractivity contribution is 5.91. The van der Waals surface area contributed by atoms with Crippen molar-refractivity contribution in [2.75, 3.05) is 7.11 Å². The van der Waals surface area contributed by atoms with Gasteiger partial charge < -0.3 is 14.8 Å². The minimum absolute atomic E-state index is 0.0441. The summed E-state index contributed by atoms with van der Waals surface area (Å²) in [6.07, 6.45) is 3.16. The van der Waals surface area contributed by atoms with Crippen molar-refractivity contribution in [3.8, 4) is 11.5 Å². The molecule has 2 aromatic rings. The third-order valence-electron chi connectivity index (χ3n) is 3.68. The van der Waals surface area contributed by atoms with Gasteiger partial charge in [0, 0.05) is 12.6 Å². The van der Waals surface area contributed by atoms with Crippen molar-refractivity contribution in [3.05, 3.63) is 65.0 Å². The van der Waals surface area contributed by atoms with Crippen LogP contribution in [0.3, 0.4) is 0 Å². The average Bonchev–Trinajstić information content (AvgIpc) is 2.61. The molecule has 1 N–H and O–H groups in total. The molecule has 0 bridgehead atoms. The van der Waals surface area contributed by atoms with Crippen LogP contribution < -0.4 is 14.8 Å². The molecule has 5 heteroatoms. The maximum absolute atomic E-state index is 13.5. The van der Waals surface area contributed by atoms with Crippen LogP contribution in [-0.2, 0) is 11.3 Å². The number of carbonyl (C=O) groups is 1. The van der Waals surface area contributed by atoms with E-state index in [-0.39, 0.29) is 24.4 Å². The molecule has 0 saturated carbocycles. The molecule has 138 valence electrons. The van der Waals surface area contributed by atoms with Gasteiger partial charge >= 0.3 is 0 Å². The first kappa shape index (κ1) is 19.5. The van der Waals surface area contributed by atoms with E-state index in [1.54, 1.807) is 38.3 Å². The Morgan fingerprint density at radius 2 is 1.96 bits per heavy atom. The summed E-state index contributed by atoms with van der Waals surface area (Å²) < 4.78 is 24.5. The Hall–Kier alpha value is -2.82. The predicted molar refractivity (Wildman–Crippen MR) is 101 cm³/mol. The summed E-state index contributed by atoms with van der Waals surface area (Å²) in [7, 11) is 1.57. The molecule has 0 aromatic heterocycles. The van der Waals surface area contributed by atoms with E-state index in [2.05, 4.69) is 5.32 Å². The van der Waals surface area contributed by atoms with E-state index in [1.165, 1.54) is 12.1 Å². The number of ether oxygens (including phenoxy) is 2. The molecule has 2 aromatic carbocycles. The van der Waals surface area contributed by atoms with Gasteiger partial charge in [-0.05, 0) is 61.7 Å². The fraction of sp³-hybridized carbons (Fsp3) is 0.286. The molecule has 0 saturated heterocycles. The molecule has 0 unspecified atom stereocenters. The van der Waals surface area contributed by atoms with Crippen molar-refractivity contribution in [2.24, 2.45) is 0 Å². The van der Waals surface area contributed by atoms with Crippen LogP contribution in [0.25, 0.3) is 6.08 Å². The SMILES string of the molecule is COc1cc(/C=C/C(=O)NCc2ccc(C)c(F)c2)ccc1OC(C)C. The summed E-state index contributed by atoms with van der Waals surface area (Å²) in [5.41, 5.74) is 2.11. The number of halogens is 1. The first-order valence-corrected chi connectivity index (χ1v) is 8.44. The van der Waals surface area contributed by atoms with Crippen LogP contribution in [0.15, 0.2) is 42.5 Å². The van der Waals surface area contributed by atoms with Crippen LogP contribution in [0, 0.1) is 12.7 Å². The van der Waals surface area contributed by atoms with Gasteiger partial charge in [0.1, 0.15) is 5.82 Å². The molecule has 2 rings (SSSR count). The summed E-state index contributed by atoms with van der Waals surface area (Å²) in [4.78, 5) is 12.0. The van der Waals surface area contributed by atoms with Gasteiger partial charge in [0.05, 0.1) is 13.2 Å². The maximum atomic E-state index is 13.5. The summed E-state index contributed by atoms with van der Waals surface area (Å²) in [6.45, 7) is 5.85. The monoisotopic (exact) mass is 357 g/mol.